The summed E-state index contributed by atoms with van der Waals surface area (Å²) in [7, 11) is 1.67. The van der Waals surface area contributed by atoms with Crippen LogP contribution in [0.4, 0.5) is 11.4 Å². The van der Waals surface area contributed by atoms with Gasteiger partial charge in [-0.25, -0.2) is 0 Å². The van der Waals surface area contributed by atoms with Gasteiger partial charge in [0.25, 0.3) is 0 Å². The zero-order valence-electron chi connectivity index (χ0n) is 11.5. The van der Waals surface area contributed by atoms with Crippen molar-refractivity contribution in [2.24, 2.45) is 0 Å². The van der Waals surface area contributed by atoms with Crippen molar-refractivity contribution in [3.8, 4) is 0 Å². The number of amides is 1. The number of nitrogen functional groups attached to an aromatic ring is 1. The molecule has 0 saturated carbocycles. The third-order valence-electron chi connectivity index (χ3n) is 3.86. The van der Waals surface area contributed by atoms with Crippen molar-refractivity contribution in [3.63, 3.8) is 0 Å². The normalized spacial score (nSPS) is 18.4. The van der Waals surface area contributed by atoms with Gasteiger partial charge in [0.1, 0.15) is 6.04 Å². The number of pyridine rings is 1. The number of anilines is 2. The maximum absolute atomic E-state index is 12.0. The molecule has 1 amide bonds. The summed E-state index contributed by atoms with van der Waals surface area (Å²) in [6.45, 7) is 0.844. The fourth-order valence-corrected chi connectivity index (χ4v) is 2.94. The van der Waals surface area contributed by atoms with Crippen molar-refractivity contribution in [2.75, 3.05) is 24.2 Å². The smallest absolute Gasteiger partial charge is 0.242 e. The van der Waals surface area contributed by atoms with E-state index in [0.29, 0.717) is 5.69 Å². The summed E-state index contributed by atoms with van der Waals surface area (Å²) < 4.78 is 0. The average Bonchev–Trinajstić information content (AvgIpc) is 2.95. The first-order valence-corrected chi connectivity index (χ1v) is 6.84. The highest BCUT2D eigenvalue weighted by atomic mass is 16.2. The minimum atomic E-state index is -0.145. The molecule has 3 N–H and O–H groups in total. The molecule has 5 nitrogen and oxygen atoms in total. The lowest BCUT2D eigenvalue weighted by Gasteiger charge is -2.27. The van der Waals surface area contributed by atoms with E-state index in [1.807, 2.05) is 24.3 Å². The van der Waals surface area contributed by atoms with Gasteiger partial charge in [0.05, 0.1) is 23.1 Å². The molecule has 1 aromatic heterocycles. The van der Waals surface area contributed by atoms with Gasteiger partial charge in [-0.05, 0) is 18.9 Å². The molecule has 1 atom stereocenters. The van der Waals surface area contributed by atoms with E-state index < -0.39 is 0 Å². The first-order chi connectivity index (χ1) is 9.72. The van der Waals surface area contributed by atoms with Gasteiger partial charge in [-0.3, -0.25) is 9.78 Å². The molecule has 0 aliphatic carbocycles. The molecule has 1 aliphatic heterocycles. The van der Waals surface area contributed by atoms with Crippen LogP contribution in [0, 0.1) is 0 Å². The number of fused-ring (bicyclic) bond motifs is 1. The Labute approximate surface area is 117 Å². The maximum atomic E-state index is 12.0. The number of carbonyl (C=O) groups is 1. The summed E-state index contributed by atoms with van der Waals surface area (Å²) in [5.74, 6) is 0.0443. The second-order valence-corrected chi connectivity index (χ2v) is 5.04. The first-order valence-electron chi connectivity index (χ1n) is 6.84. The number of hydrogen-bond donors (Lipinski definition) is 2. The number of nitrogens with two attached hydrogens (primary N) is 1. The molecule has 2 heterocycles. The van der Waals surface area contributed by atoms with Gasteiger partial charge in [0, 0.05) is 19.0 Å². The van der Waals surface area contributed by atoms with E-state index >= 15 is 0 Å². The van der Waals surface area contributed by atoms with Crippen molar-refractivity contribution in [1.82, 2.24) is 10.3 Å². The molecule has 1 fully saturated rings. The van der Waals surface area contributed by atoms with E-state index in [4.69, 9.17) is 5.73 Å². The monoisotopic (exact) mass is 270 g/mol. The van der Waals surface area contributed by atoms with Crippen molar-refractivity contribution in [3.05, 3.63) is 30.5 Å². The SMILES string of the molecule is CNC(=O)C1CCCN1c1c(N)cnc2ccccc12. The Morgan fingerprint density at radius 3 is 3.05 bits per heavy atom. The fraction of sp³-hybridized carbons (Fsp3) is 0.333. The largest absolute Gasteiger partial charge is 0.396 e. The van der Waals surface area contributed by atoms with E-state index in [1.54, 1.807) is 13.2 Å². The van der Waals surface area contributed by atoms with Crippen molar-refractivity contribution >= 4 is 28.2 Å². The van der Waals surface area contributed by atoms with Crippen LogP contribution in [0.25, 0.3) is 10.9 Å². The number of likely N-dealkylation sites (N-methyl/N-ethyl adjacent to an activating group) is 1. The maximum Gasteiger partial charge on any atom is 0.242 e. The Morgan fingerprint density at radius 1 is 1.45 bits per heavy atom. The third-order valence-corrected chi connectivity index (χ3v) is 3.86. The highest BCUT2D eigenvalue weighted by molar-refractivity contribution is 6.00. The van der Waals surface area contributed by atoms with E-state index in [0.717, 1.165) is 36.0 Å². The van der Waals surface area contributed by atoms with Gasteiger partial charge in [0.15, 0.2) is 0 Å². The van der Waals surface area contributed by atoms with Crippen LogP contribution >= 0.6 is 0 Å². The second kappa shape index (κ2) is 5.00. The number of nitrogens with zero attached hydrogens (tertiary/aromatic N) is 2. The van der Waals surface area contributed by atoms with E-state index in [1.165, 1.54) is 0 Å². The number of nitrogens with one attached hydrogen (secondary N) is 1. The lowest BCUT2D eigenvalue weighted by atomic mass is 10.1. The standard InChI is InChI=1S/C15H18N4O/c1-17-15(20)13-7-4-8-19(13)14-10-5-2-3-6-12(10)18-9-11(14)16/h2-3,5-6,9,13H,4,7-8,16H2,1H3,(H,17,20). The molecule has 1 unspecified atom stereocenters. The van der Waals surface area contributed by atoms with Crippen LogP contribution in [0.5, 0.6) is 0 Å². The second-order valence-electron chi connectivity index (χ2n) is 5.04. The predicted molar refractivity (Wildman–Crippen MR) is 80.6 cm³/mol. The van der Waals surface area contributed by atoms with Crippen LogP contribution in [0.2, 0.25) is 0 Å². The number of hydrogen-bond acceptors (Lipinski definition) is 4. The fourth-order valence-electron chi connectivity index (χ4n) is 2.94. The summed E-state index contributed by atoms with van der Waals surface area (Å²) >= 11 is 0. The molecule has 0 bridgehead atoms. The van der Waals surface area contributed by atoms with E-state index in [2.05, 4.69) is 15.2 Å². The summed E-state index contributed by atoms with van der Waals surface area (Å²) in [4.78, 5) is 18.5. The van der Waals surface area contributed by atoms with Crippen LogP contribution in [-0.4, -0.2) is 30.5 Å². The molecule has 3 rings (SSSR count). The zero-order valence-corrected chi connectivity index (χ0v) is 11.5. The van der Waals surface area contributed by atoms with Crippen LogP contribution in [0.3, 0.4) is 0 Å². The van der Waals surface area contributed by atoms with Crippen molar-refractivity contribution in [1.29, 1.82) is 0 Å². The molecule has 1 aliphatic rings. The lowest BCUT2D eigenvalue weighted by Crippen LogP contribution is -2.42. The minimum Gasteiger partial charge on any atom is -0.396 e. The van der Waals surface area contributed by atoms with Gasteiger partial charge in [-0.2, -0.15) is 0 Å². The number of benzene rings is 1. The molecule has 104 valence electrons. The van der Waals surface area contributed by atoms with Gasteiger partial charge >= 0.3 is 0 Å². The highest BCUT2D eigenvalue weighted by Gasteiger charge is 2.32. The Hall–Kier alpha value is -2.30. The Morgan fingerprint density at radius 2 is 2.25 bits per heavy atom. The van der Waals surface area contributed by atoms with E-state index in [9.17, 15) is 4.79 Å². The van der Waals surface area contributed by atoms with Gasteiger partial charge in [-0.1, -0.05) is 18.2 Å². The van der Waals surface area contributed by atoms with E-state index in [-0.39, 0.29) is 11.9 Å². The zero-order chi connectivity index (χ0) is 14.1. The number of carbonyl (C=O) groups excluding carboxylic acids is 1. The number of para-hydroxylation sites is 1. The molecule has 5 heteroatoms. The molecular formula is C15H18N4O. The Balaban J connectivity index is 2.13. The van der Waals surface area contributed by atoms with Gasteiger partial charge in [-0.15, -0.1) is 0 Å². The predicted octanol–water partition coefficient (Wildman–Crippen LogP) is 1.53. The minimum absolute atomic E-state index is 0.0443. The summed E-state index contributed by atoms with van der Waals surface area (Å²) in [6, 6.07) is 7.75. The van der Waals surface area contributed by atoms with Gasteiger partial charge in [0.2, 0.25) is 5.91 Å². The van der Waals surface area contributed by atoms with Crippen LogP contribution in [0.1, 0.15) is 12.8 Å². The topological polar surface area (TPSA) is 71.2 Å². The van der Waals surface area contributed by atoms with Crippen molar-refractivity contribution < 1.29 is 4.79 Å². The van der Waals surface area contributed by atoms with Crippen LogP contribution in [0.15, 0.2) is 30.5 Å². The Kier molecular flexibility index (Phi) is 3.18. The molecule has 1 saturated heterocycles. The van der Waals surface area contributed by atoms with Crippen LogP contribution in [-0.2, 0) is 4.79 Å². The summed E-state index contributed by atoms with van der Waals surface area (Å²) in [5, 5.41) is 3.74. The lowest BCUT2D eigenvalue weighted by molar-refractivity contribution is -0.121. The number of rotatable bonds is 2. The Bertz CT molecular complexity index is 655. The summed E-state index contributed by atoms with van der Waals surface area (Å²) in [5.41, 5.74) is 8.59. The van der Waals surface area contributed by atoms with Crippen LogP contribution < -0.4 is 16.0 Å². The quantitative estimate of drug-likeness (QED) is 0.868. The number of aromatic nitrogens is 1. The first kappa shape index (κ1) is 12.7. The molecular weight excluding hydrogens is 252 g/mol. The molecule has 0 spiro atoms. The summed E-state index contributed by atoms with van der Waals surface area (Å²) in [6.07, 6.45) is 3.53. The highest BCUT2D eigenvalue weighted by Crippen LogP contribution is 2.36. The van der Waals surface area contributed by atoms with Gasteiger partial charge < -0.3 is 16.0 Å². The molecule has 1 aromatic carbocycles. The van der Waals surface area contributed by atoms with Crippen molar-refractivity contribution in [2.45, 2.75) is 18.9 Å². The molecule has 0 radical (unpaired) electrons. The third kappa shape index (κ3) is 1.95. The molecule has 20 heavy (non-hydrogen) atoms. The average molecular weight is 270 g/mol. The molecule has 2 aromatic rings.